The van der Waals surface area contributed by atoms with E-state index in [2.05, 4.69) is 41.4 Å². The molecule has 0 aliphatic carbocycles. The molecule has 0 saturated heterocycles. The van der Waals surface area contributed by atoms with Crippen LogP contribution in [0, 0.1) is 11.3 Å². The third-order valence-electron chi connectivity index (χ3n) is 5.60. The van der Waals surface area contributed by atoms with E-state index in [-0.39, 0.29) is 35.1 Å². The molecule has 2 heterocycles. The van der Waals surface area contributed by atoms with Gasteiger partial charge in [0.15, 0.2) is 0 Å². The van der Waals surface area contributed by atoms with Crippen molar-refractivity contribution < 1.29 is 0 Å². The number of rotatable bonds is 8. The van der Waals surface area contributed by atoms with E-state index in [0.717, 1.165) is 0 Å². The number of benzene rings is 3. The van der Waals surface area contributed by atoms with Gasteiger partial charge in [0.2, 0.25) is 23.8 Å². The van der Waals surface area contributed by atoms with Gasteiger partial charge in [0, 0.05) is 39.1 Å². The lowest BCUT2D eigenvalue weighted by atomic mass is 10.1. The number of hydrogen-bond donors (Lipinski definition) is 4. The van der Waals surface area contributed by atoms with Gasteiger partial charge in [-0.1, -0.05) is 59.1 Å². The number of hydrazine groups is 1. The van der Waals surface area contributed by atoms with Gasteiger partial charge in [0.25, 0.3) is 5.56 Å². The van der Waals surface area contributed by atoms with Crippen LogP contribution in [0.1, 0.15) is 5.56 Å². The summed E-state index contributed by atoms with van der Waals surface area (Å²) in [7, 11) is 1.48. The fourth-order valence-corrected chi connectivity index (χ4v) is 4.18. The van der Waals surface area contributed by atoms with Crippen LogP contribution < -0.4 is 27.0 Å². The number of aromatic nitrogens is 5. The van der Waals surface area contributed by atoms with Crippen molar-refractivity contribution in [1.82, 2.24) is 24.5 Å². The lowest BCUT2D eigenvalue weighted by molar-refractivity contribution is 0.829. The molecule has 0 bridgehead atoms. The van der Waals surface area contributed by atoms with Crippen LogP contribution >= 0.6 is 34.8 Å². The lowest BCUT2D eigenvalue weighted by Crippen LogP contribution is -2.27. The smallest absolute Gasteiger partial charge is 0.273 e. The Morgan fingerprint density at radius 1 is 0.732 bits per heavy atom. The van der Waals surface area contributed by atoms with Crippen molar-refractivity contribution in [3.05, 3.63) is 104 Å². The highest BCUT2D eigenvalue weighted by Crippen LogP contribution is 2.24. The first-order chi connectivity index (χ1) is 19.8. The zero-order valence-corrected chi connectivity index (χ0v) is 23.4. The van der Waals surface area contributed by atoms with Crippen LogP contribution in [0.5, 0.6) is 0 Å². The molecule has 5 aromatic rings. The highest BCUT2D eigenvalue weighted by atomic mass is 35.5. The predicted octanol–water partition coefficient (Wildman–Crippen LogP) is 6.39. The van der Waals surface area contributed by atoms with Gasteiger partial charge in [-0.2, -0.15) is 20.2 Å². The number of hydrogen-bond acceptors (Lipinski definition) is 10. The van der Waals surface area contributed by atoms with Crippen molar-refractivity contribution in [2.45, 2.75) is 0 Å². The molecule has 4 N–H and O–H groups in total. The van der Waals surface area contributed by atoms with Gasteiger partial charge in [-0.15, -0.1) is 0 Å². The molecule has 0 aliphatic rings. The van der Waals surface area contributed by atoms with E-state index in [1.54, 1.807) is 72.8 Å². The van der Waals surface area contributed by atoms with E-state index in [1.807, 2.05) is 6.07 Å². The largest absolute Gasteiger partial charge is 0.324 e. The SMILES string of the molecule is Cn1c(NNc2nc(Nc3cccc(Cl)c3)nc(Nc3cccc(Cl)c3)n2)nc(-c2ccc(Cl)cc2)c(C#N)c1=O. The van der Waals surface area contributed by atoms with Crippen LogP contribution in [0.4, 0.5) is 35.2 Å². The molecule has 11 nitrogen and oxygen atoms in total. The van der Waals surface area contributed by atoms with Crippen LogP contribution in [0.2, 0.25) is 15.1 Å². The van der Waals surface area contributed by atoms with Crippen molar-refractivity contribution >= 4 is 70.0 Å². The normalized spacial score (nSPS) is 10.5. The van der Waals surface area contributed by atoms with Gasteiger partial charge in [-0.3, -0.25) is 20.2 Å². The van der Waals surface area contributed by atoms with Crippen molar-refractivity contribution in [3.63, 3.8) is 0 Å². The van der Waals surface area contributed by atoms with Gasteiger partial charge in [0.05, 0.1) is 5.69 Å². The highest BCUT2D eigenvalue weighted by molar-refractivity contribution is 6.31. The maximum absolute atomic E-state index is 13.0. The summed E-state index contributed by atoms with van der Waals surface area (Å²) in [4.78, 5) is 30.8. The van der Waals surface area contributed by atoms with E-state index in [0.29, 0.717) is 32.0 Å². The van der Waals surface area contributed by atoms with E-state index in [1.165, 1.54) is 11.6 Å². The average molecular weight is 606 g/mol. The molecule has 0 fully saturated rings. The number of nitrogens with one attached hydrogen (secondary N) is 4. The third-order valence-corrected chi connectivity index (χ3v) is 6.33. The zero-order valence-electron chi connectivity index (χ0n) is 21.2. The quantitative estimate of drug-likeness (QED) is 0.147. The minimum absolute atomic E-state index is 0.0840. The molecule has 0 spiro atoms. The molecular formula is C27H19Cl3N10O. The first-order valence-electron chi connectivity index (χ1n) is 11.9. The van der Waals surface area contributed by atoms with Crippen LogP contribution in [-0.4, -0.2) is 24.5 Å². The maximum atomic E-state index is 13.0. The molecule has 41 heavy (non-hydrogen) atoms. The van der Waals surface area contributed by atoms with E-state index in [4.69, 9.17) is 34.8 Å². The van der Waals surface area contributed by atoms with Crippen molar-refractivity contribution in [2.24, 2.45) is 7.05 Å². The summed E-state index contributed by atoms with van der Waals surface area (Å²) in [6.45, 7) is 0. The maximum Gasteiger partial charge on any atom is 0.273 e. The number of anilines is 6. The van der Waals surface area contributed by atoms with Crippen LogP contribution in [-0.2, 0) is 7.05 Å². The van der Waals surface area contributed by atoms with Gasteiger partial charge >= 0.3 is 0 Å². The van der Waals surface area contributed by atoms with Crippen molar-refractivity contribution in [1.29, 1.82) is 5.26 Å². The lowest BCUT2D eigenvalue weighted by Gasteiger charge is -2.15. The minimum atomic E-state index is -0.543. The van der Waals surface area contributed by atoms with Gasteiger partial charge < -0.3 is 10.6 Å². The molecule has 0 unspecified atom stereocenters. The summed E-state index contributed by atoms with van der Waals surface area (Å²) in [5.41, 5.74) is 7.11. The van der Waals surface area contributed by atoms with Gasteiger partial charge in [-0.25, -0.2) is 4.98 Å². The summed E-state index contributed by atoms with van der Waals surface area (Å²) in [5, 5.41) is 17.4. The third kappa shape index (κ3) is 6.64. The zero-order chi connectivity index (χ0) is 28.9. The topological polar surface area (TPSA) is 145 Å². The monoisotopic (exact) mass is 604 g/mol. The molecule has 2 aromatic heterocycles. The van der Waals surface area contributed by atoms with Crippen LogP contribution in [0.25, 0.3) is 11.3 Å². The molecular weight excluding hydrogens is 587 g/mol. The van der Waals surface area contributed by atoms with Gasteiger partial charge in [0.1, 0.15) is 11.6 Å². The van der Waals surface area contributed by atoms with Crippen LogP contribution in [0.15, 0.2) is 77.6 Å². The first-order valence-corrected chi connectivity index (χ1v) is 13.0. The van der Waals surface area contributed by atoms with E-state index < -0.39 is 5.56 Å². The molecule has 0 saturated carbocycles. The standard InChI is InChI=1S/C27H19Cl3N10O/c1-40-23(41)21(14-31)22(15-8-10-16(28)11-9-15)34-27(40)39-38-26-36-24(32-19-6-2-4-17(29)12-19)35-25(37-26)33-20-7-3-5-18(30)13-20/h2-13H,1H3,(H,34,39)(H3,32,33,35,36,37,38). The van der Waals surface area contributed by atoms with E-state index >= 15 is 0 Å². The summed E-state index contributed by atoms with van der Waals surface area (Å²) in [6, 6.07) is 22.7. The summed E-state index contributed by atoms with van der Waals surface area (Å²) >= 11 is 18.3. The Kier molecular flexibility index (Phi) is 8.16. The summed E-state index contributed by atoms with van der Waals surface area (Å²) in [6.07, 6.45) is 0. The molecule has 204 valence electrons. The fourth-order valence-electron chi connectivity index (χ4n) is 3.68. The average Bonchev–Trinajstić information content (AvgIpc) is 2.94. The highest BCUT2D eigenvalue weighted by Gasteiger charge is 2.17. The number of nitriles is 1. The second kappa shape index (κ2) is 12.1. The summed E-state index contributed by atoms with van der Waals surface area (Å²) in [5.74, 6) is 0.577. The Balaban J connectivity index is 1.48. The Morgan fingerprint density at radius 2 is 1.29 bits per heavy atom. The second-order valence-electron chi connectivity index (χ2n) is 8.47. The van der Waals surface area contributed by atoms with Crippen molar-refractivity contribution in [3.8, 4) is 17.3 Å². The predicted molar refractivity (Wildman–Crippen MR) is 161 cm³/mol. The molecule has 14 heteroatoms. The molecule has 0 atom stereocenters. The Labute approximate surface area is 248 Å². The molecule has 0 radical (unpaired) electrons. The Morgan fingerprint density at radius 3 is 1.83 bits per heavy atom. The van der Waals surface area contributed by atoms with E-state index in [9.17, 15) is 10.1 Å². The van der Waals surface area contributed by atoms with Crippen molar-refractivity contribution in [2.75, 3.05) is 21.5 Å². The molecule has 3 aromatic carbocycles. The first kappa shape index (κ1) is 27.7. The Hall–Kier alpha value is -4.89. The number of halogens is 3. The molecule has 5 rings (SSSR count). The number of nitrogens with zero attached hydrogens (tertiary/aromatic N) is 6. The molecule has 0 amide bonds. The fraction of sp³-hybridized carbons (Fsp3) is 0.0370. The molecule has 0 aliphatic heterocycles. The minimum Gasteiger partial charge on any atom is -0.324 e. The van der Waals surface area contributed by atoms with Gasteiger partial charge in [-0.05, 0) is 48.5 Å². The van der Waals surface area contributed by atoms with Crippen LogP contribution in [0.3, 0.4) is 0 Å². The second-order valence-corrected chi connectivity index (χ2v) is 9.78. The Bertz CT molecular complexity index is 1770. The summed E-state index contributed by atoms with van der Waals surface area (Å²) < 4.78 is 1.20.